The maximum atomic E-state index is 2.17. The summed E-state index contributed by atoms with van der Waals surface area (Å²) in [5.74, 6) is 0. The first-order valence-electron chi connectivity index (χ1n) is 1.35. The molecule has 0 fully saturated rings. The van der Waals surface area contributed by atoms with Crippen molar-refractivity contribution in [3.05, 3.63) is 0 Å². The van der Waals surface area contributed by atoms with Crippen molar-refractivity contribution >= 4 is 0 Å². The molecule has 0 saturated carbocycles. The predicted molar refractivity (Wildman–Crippen MR) is 15.1 cm³/mol. The molecule has 0 nitrogen and oxygen atoms in total. The molecule has 0 aromatic carbocycles. The normalized spacial score (nSPS) is 9.00. The quantitative estimate of drug-likeness (QED) is 0.595. The van der Waals surface area contributed by atoms with Gasteiger partial charge in [-0.05, 0) is 0 Å². The summed E-state index contributed by atoms with van der Waals surface area (Å²) in [5.41, 5.74) is 0. The summed E-state index contributed by atoms with van der Waals surface area (Å²) in [7, 11) is 0. The van der Waals surface area contributed by atoms with E-state index in [-0.39, 0.29) is 0 Å². The van der Waals surface area contributed by atoms with Gasteiger partial charge in [0.25, 0.3) is 0 Å². The Morgan fingerprint density at radius 3 is 1.50 bits per heavy atom. The monoisotopic (exact) mass is 236 g/mol. The van der Waals surface area contributed by atoms with Crippen LogP contribution in [0, 0.1) is 0 Å². The van der Waals surface area contributed by atoms with Gasteiger partial charge in [-0.2, -0.15) is 0 Å². The van der Waals surface area contributed by atoms with Crippen LogP contribution in [0.25, 0.3) is 0 Å². The van der Waals surface area contributed by atoms with Crippen molar-refractivity contribution in [3.63, 3.8) is 0 Å². The first kappa shape index (κ1) is 4.65. The first-order chi connectivity index (χ1) is 1.73. The molecule has 0 aromatic rings. The van der Waals surface area contributed by atoms with Gasteiger partial charge in [0.2, 0.25) is 0 Å². The second-order valence-electron chi connectivity index (χ2n) is 0.962. The van der Waals surface area contributed by atoms with E-state index in [1.54, 1.807) is 0 Å². The molecule has 0 amide bonds. The van der Waals surface area contributed by atoms with Crippen LogP contribution < -0.4 is 0 Å². The Morgan fingerprint density at radius 1 is 1.50 bits per heavy atom. The van der Waals surface area contributed by atoms with Gasteiger partial charge < -0.3 is 0 Å². The first-order valence-corrected chi connectivity index (χ1v) is 2.73. The SMILES string of the molecule is C[CH](C)[Ir+2]. The third-order valence-corrected chi connectivity index (χ3v) is 0. The van der Waals surface area contributed by atoms with E-state index in [2.05, 4.69) is 32.7 Å². The van der Waals surface area contributed by atoms with Crippen LogP contribution in [0.1, 0.15) is 13.8 Å². The van der Waals surface area contributed by atoms with Crippen molar-refractivity contribution in [3.8, 4) is 0 Å². The fraction of sp³-hybridized carbons (Fsp3) is 1.00. The Labute approximate surface area is 37.8 Å². The van der Waals surface area contributed by atoms with Crippen LogP contribution >= 0.6 is 0 Å². The summed E-state index contributed by atoms with van der Waals surface area (Å²) < 4.78 is 0.833. The van der Waals surface area contributed by atoms with E-state index < -0.39 is 0 Å². The van der Waals surface area contributed by atoms with Crippen molar-refractivity contribution in [1.29, 1.82) is 0 Å². The molecule has 4 heavy (non-hydrogen) atoms. The predicted octanol–water partition coefficient (Wildman–Crippen LogP) is 1.36. The average molecular weight is 235 g/mol. The van der Waals surface area contributed by atoms with E-state index in [9.17, 15) is 0 Å². The summed E-state index contributed by atoms with van der Waals surface area (Å²) >= 11 is 2.17. The van der Waals surface area contributed by atoms with Crippen LogP contribution in [0.2, 0.25) is 4.43 Å². The zero-order valence-electron chi connectivity index (χ0n) is 2.91. The van der Waals surface area contributed by atoms with Crippen molar-refractivity contribution < 1.29 is 18.9 Å². The van der Waals surface area contributed by atoms with Crippen LogP contribution in [-0.4, -0.2) is 0 Å². The Hall–Kier alpha value is 0.649. The Morgan fingerprint density at radius 2 is 1.50 bits per heavy atom. The molecule has 0 unspecified atom stereocenters. The van der Waals surface area contributed by atoms with E-state index in [1.165, 1.54) is 0 Å². The third kappa shape index (κ3) is 17.1. The topological polar surface area (TPSA) is 0 Å². The summed E-state index contributed by atoms with van der Waals surface area (Å²) in [6.07, 6.45) is 0. The standard InChI is InChI=1S/C3H7.Ir/c1-3-2;/h3H,1-2H3;/q;+2. The van der Waals surface area contributed by atoms with E-state index in [4.69, 9.17) is 0 Å². The third-order valence-electron chi connectivity index (χ3n) is 0. The van der Waals surface area contributed by atoms with Crippen molar-refractivity contribution in [2.45, 2.75) is 18.3 Å². The molecule has 0 heterocycles. The van der Waals surface area contributed by atoms with Gasteiger partial charge >= 0.3 is 37.2 Å². The Kier molecular flexibility index (Phi) is 2.24. The second kappa shape index (κ2) is 1.92. The molecule has 0 bridgehead atoms. The summed E-state index contributed by atoms with van der Waals surface area (Å²) in [5, 5.41) is 0. The minimum absolute atomic E-state index is 0.833. The molecule has 0 N–H and O–H groups in total. The second-order valence-corrected chi connectivity index (χ2v) is 3.73. The number of rotatable bonds is 0. The van der Waals surface area contributed by atoms with Crippen molar-refractivity contribution in [2.75, 3.05) is 0 Å². The molecular formula is C3H7Ir+2. The fourth-order valence-corrected chi connectivity index (χ4v) is 0. The molecule has 0 atom stereocenters. The fourth-order valence-electron chi connectivity index (χ4n) is 0. The van der Waals surface area contributed by atoms with E-state index in [0.29, 0.717) is 0 Å². The van der Waals surface area contributed by atoms with Crippen molar-refractivity contribution in [2.24, 2.45) is 0 Å². The van der Waals surface area contributed by atoms with Gasteiger partial charge in [0.1, 0.15) is 0 Å². The molecule has 0 saturated heterocycles. The molecule has 0 aliphatic carbocycles. The van der Waals surface area contributed by atoms with Crippen LogP contribution in [0.5, 0.6) is 0 Å². The van der Waals surface area contributed by atoms with Gasteiger partial charge in [-0.1, -0.05) is 0 Å². The molecule has 26 valence electrons. The zero-order chi connectivity index (χ0) is 3.58. The summed E-state index contributed by atoms with van der Waals surface area (Å²) in [4.78, 5) is 0. The van der Waals surface area contributed by atoms with Gasteiger partial charge in [-0.25, -0.2) is 0 Å². The van der Waals surface area contributed by atoms with Gasteiger partial charge in [0.05, 0.1) is 0 Å². The Balaban J connectivity index is 2.32. The average Bonchev–Trinajstić information content (AvgIpc) is 0.811. The number of hydrogen-bond acceptors (Lipinski definition) is 0. The number of hydrogen-bond donors (Lipinski definition) is 0. The molecular weight excluding hydrogens is 228 g/mol. The van der Waals surface area contributed by atoms with Crippen LogP contribution in [0.4, 0.5) is 0 Å². The van der Waals surface area contributed by atoms with Gasteiger partial charge in [0.15, 0.2) is 0 Å². The molecule has 0 radical (unpaired) electrons. The van der Waals surface area contributed by atoms with Gasteiger partial charge in [-0.3, -0.25) is 0 Å². The van der Waals surface area contributed by atoms with E-state index >= 15 is 0 Å². The zero-order valence-corrected chi connectivity index (χ0v) is 5.31. The maximum absolute atomic E-state index is 2.17. The minimum atomic E-state index is 0.833. The summed E-state index contributed by atoms with van der Waals surface area (Å²) in [6, 6.07) is 0. The molecule has 0 aliphatic rings. The van der Waals surface area contributed by atoms with Crippen LogP contribution in [0.15, 0.2) is 0 Å². The van der Waals surface area contributed by atoms with Gasteiger partial charge in [0, 0.05) is 0 Å². The summed E-state index contributed by atoms with van der Waals surface area (Å²) in [6.45, 7) is 4.33. The molecule has 0 spiro atoms. The van der Waals surface area contributed by atoms with Crippen molar-refractivity contribution in [1.82, 2.24) is 0 Å². The van der Waals surface area contributed by atoms with Crippen LogP contribution in [0.3, 0.4) is 0 Å². The molecule has 0 aliphatic heterocycles. The van der Waals surface area contributed by atoms with E-state index in [0.717, 1.165) is 4.43 Å². The molecule has 1 heteroatoms. The van der Waals surface area contributed by atoms with E-state index in [1.807, 2.05) is 0 Å². The molecule has 0 rings (SSSR count). The van der Waals surface area contributed by atoms with Crippen LogP contribution in [-0.2, 0) is 18.9 Å². The van der Waals surface area contributed by atoms with Gasteiger partial charge in [-0.15, -0.1) is 0 Å². The molecule has 0 aromatic heterocycles. The Bertz CT molecular complexity index is 8.00.